The first kappa shape index (κ1) is 22.7. The fraction of sp³-hybridized carbons (Fsp3) is 0.105. The molecular formula is C19H15I2N3O5S. The van der Waals surface area contributed by atoms with Gasteiger partial charge in [0.1, 0.15) is 22.2 Å². The fourth-order valence-corrected chi connectivity index (χ4v) is 4.94. The number of benzene rings is 2. The molecule has 1 aromatic heterocycles. The van der Waals surface area contributed by atoms with Crippen molar-refractivity contribution in [1.29, 1.82) is 0 Å². The highest BCUT2D eigenvalue weighted by Crippen LogP contribution is 2.32. The summed E-state index contributed by atoms with van der Waals surface area (Å²) in [5, 5.41) is 26.7. The highest BCUT2D eigenvalue weighted by atomic mass is 127. The zero-order valence-electron chi connectivity index (χ0n) is 15.6. The van der Waals surface area contributed by atoms with Crippen LogP contribution in [-0.4, -0.2) is 45.6 Å². The van der Waals surface area contributed by atoms with Crippen LogP contribution < -0.4 is 9.47 Å². The Hall–Kier alpha value is -2.00. The molecule has 3 rings (SSSR count). The molecule has 0 saturated carbocycles. The van der Waals surface area contributed by atoms with Gasteiger partial charge in [0, 0.05) is 11.6 Å². The third-order valence-corrected chi connectivity index (χ3v) is 6.36. The van der Waals surface area contributed by atoms with E-state index in [9.17, 15) is 15.0 Å². The molecule has 0 saturated heterocycles. The molecule has 0 aliphatic carbocycles. The maximum absolute atomic E-state index is 11.7. The standard InChI is InChI=1S/C19H15I2N3O5S/c1-28-11-6-10(7-12(8-11)29-2)17-22-19(24-23-17)30-15(18(26)27)5-9-3-13(20)16(25)14(21)4-9/h3-8,25H,1-2H3,(H,26,27)(H,22,23,24)/b15-5-. The van der Waals surface area contributed by atoms with Crippen molar-refractivity contribution in [3.8, 4) is 28.6 Å². The van der Waals surface area contributed by atoms with E-state index in [2.05, 4.69) is 15.2 Å². The van der Waals surface area contributed by atoms with Gasteiger partial charge in [-0.2, -0.15) is 0 Å². The molecule has 3 N–H and O–H groups in total. The molecule has 0 aliphatic heterocycles. The van der Waals surface area contributed by atoms with Gasteiger partial charge in [0.2, 0.25) is 5.16 Å². The van der Waals surface area contributed by atoms with E-state index in [1.54, 1.807) is 44.6 Å². The van der Waals surface area contributed by atoms with Gasteiger partial charge < -0.3 is 19.7 Å². The number of aromatic hydroxyl groups is 1. The molecule has 0 fully saturated rings. The van der Waals surface area contributed by atoms with Gasteiger partial charge >= 0.3 is 5.97 Å². The van der Waals surface area contributed by atoms with Crippen LogP contribution in [0.5, 0.6) is 17.2 Å². The second-order valence-corrected chi connectivity index (χ2v) is 9.15. The normalized spacial score (nSPS) is 11.4. The Balaban J connectivity index is 1.90. The van der Waals surface area contributed by atoms with E-state index in [4.69, 9.17) is 9.47 Å². The van der Waals surface area contributed by atoms with Gasteiger partial charge in [-0.25, -0.2) is 9.78 Å². The molecule has 1 heterocycles. The first-order chi connectivity index (χ1) is 14.3. The molecule has 3 aromatic rings. The van der Waals surface area contributed by atoms with Crippen LogP contribution in [0.15, 0.2) is 40.4 Å². The second kappa shape index (κ2) is 9.87. The van der Waals surface area contributed by atoms with Crippen LogP contribution in [0, 0.1) is 7.14 Å². The van der Waals surface area contributed by atoms with Crippen molar-refractivity contribution in [3.05, 3.63) is 47.9 Å². The summed E-state index contributed by atoms with van der Waals surface area (Å²) in [4.78, 5) is 16.2. The summed E-state index contributed by atoms with van der Waals surface area (Å²) in [7, 11) is 3.10. The van der Waals surface area contributed by atoms with Gasteiger partial charge in [-0.15, -0.1) is 5.10 Å². The molecule has 0 unspecified atom stereocenters. The number of hydrogen-bond donors (Lipinski definition) is 3. The number of carboxylic acid groups (broad SMARTS) is 1. The lowest BCUT2D eigenvalue weighted by Crippen LogP contribution is -1.97. The number of thioether (sulfide) groups is 1. The topological polar surface area (TPSA) is 118 Å². The van der Waals surface area contributed by atoms with Crippen molar-refractivity contribution >= 4 is 69.0 Å². The van der Waals surface area contributed by atoms with E-state index in [1.165, 1.54) is 6.08 Å². The van der Waals surface area contributed by atoms with Crippen molar-refractivity contribution in [2.24, 2.45) is 0 Å². The molecular weight excluding hydrogens is 636 g/mol. The molecule has 2 aromatic carbocycles. The van der Waals surface area contributed by atoms with Crippen LogP contribution in [0.1, 0.15) is 5.56 Å². The van der Waals surface area contributed by atoms with Gasteiger partial charge in [-0.05, 0) is 92.8 Å². The zero-order chi connectivity index (χ0) is 21.8. The van der Waals surface area contributed by atoms with E-state index in [0.29, 0.717) is 35.6 Å². The third-order valence-electron chi connectivity index (χ3n) is 3.84. The van der Waals surface area contributed by atoms with Crippen molar-refractivity contribution in [3.63, 3.8) is 0 Å². The average molecular weight is 651 g/mol. The average Bonchev–Trinajstić information content (AvgIpc) is 3.19. The summed E-state index contributed by atoms with van der Waals surface area (Å²) in [6, 6.07) is 8.68. The largest absolute Gasteiger partial charge is 0.506 e. The molecule has 8 nitrogen and oxygen atoms in total. The third kappa shape index (κ3) is 5.37. The molecule has 0 aliphatic rings. The summed E-state index contributed by atoms with van der Waals surface area (Å²) < 4.78 is 11.8. The number of phenols is 1. The van der Waals surface area contributed by atoms with E-state index in [-0.39, 0.29) is 15.8 Å². The number of ether oxygens (including phenoxy) is 2. The number of carboxylic acids is 1. The van der Waals surface area contributed by atoms with Crippen LogP contribution in [0.2, 0.25) is 0 Å². The van der Waals surface area contributed by atoms with Gasteiger partial charge in [0.25, 0.3) is 0 Å². The Morgan fingerprint density at radius 2 is 1.70 bits per heavy atom. The Bertz CT molecular complexity index is 1090. The lowest BCUT2D eigenvalue weighted by Gasteiger charge is -2.06. The van der Waals surface area contributed by atoms with Gasteiger partial charge in [0.15, 0.2) is 5.82 Å². The Kier molecular flexibility index (Phi) is 7.46. The maximum atomic E-state index is 11.7. The monoisotopic (exact) mass is 651 g/mol. The predicted octanol–water partition coefficient (Wildman–Crippen LogP) is 4.62. The second-order valence-electron chi connectivity index (χ2n) is 5.82. The van der Waals surface area contributed by atoms with E-state index < -0.39 is 5.97 Å². The van der Waals surface area contributed by atoms with Crippen LogP contribution in [0.4, 0.5) is 0 Å². The number of nitrogens with zero attached hydrogens (tertiary/aromatic N) is 2. The number of aliphatic carboxylic acids is 1. The minimum absolute atomic E-state index is 0.0427. The molecule has 0 spiro atoms. The quantitative estimate of drug-likeness (QED) is 0.193. The van der Waals surface area contributed by atoms with Crippen molar-refractivity contribution < 1.29 is 24.5 Å². The summed E-state index contributed by atoms with van der Waals surface area (Å²) in [6.45, 7) is 0. The van der Waals surface area contributed by atoms with Crippen molar-refractivity contribution in [2.45, 2.75) is 5.16 Å². The number of H-pyrrole nitrogens is 1. The van der Waals surface area contributed by atoms with Crippen LogP contribution in [0.3, 0.4) is 0 Å². The lowest BCUT2D eigenvalue weighted by atomic mass is 10.2. The molecule has 0 bridgehead atoms. The number of nitrogens with one attached hydrogen (secondary N) is 1. The highest BCUT2D eigenvalue weighted by molar-refractivity contribution is 14.1. The van der Waals surface area contributed by atoms with Gasteiger partial charge in [-0.1, -0.05) is 0 Å². The molecule has 0 atom stereocenters. The lowest BCUT2D eigenvalue weighted by molar-refractivity contribution is -0.131. The summed E-state index contributed by atoms with van der Waals surface area (Å²) >= 11 is 4.91. The molecule has 11 heteroatoms. The Morgan fingerprint density at radius 3 is 2.23 bits per heavy atom. The highest BCUT2D eigenvalue weighted by Gasteiger charge is 2.16. The van der Waals surface area contributed by atoms with Crippen molar-refractivity contribution in [1.82, 2.24) is 15.2 Å². The molecule has 0 amide bonds. The number of methoxy groups -OCH3 is 2. The zero-order valence-corrected chi connectivity index (χ0v) is 20.8. The number of rotatable bonds is 7. The predicted molar refractivity (Wildman–Crippen MR) is 130 cm³/mol. The SMILES string of the molecule is COc1cc(OC)cc(-c2nc(S/C(=C\c3cc(I)c(O)c(I)c3)C(=O)O)n[nH]2)c1. The minimum Gasteiger partial charge on any atom is -0.506 e. The number of aromatic nitrogens is 3. The summed E-state index contributed by atoms with van der Waals surface area (Å²) in [6.07, 6.45) is 1.52. The number of halogens is 2. The number of phenolic OH excluding ortho intramolecular Hbond substituents is 1. The first-order valence-corrected chi connectivity index (χ1v) is 11.2. The minimum atomic E-state index is -1.10. The summed E-state index contributed by atoms with van der Waals surface area (Å²) in [5.41, 5.74) is 1.34. The van der Waals surface area contributed by atoms with Gasteiger partial charge in [0.05, 0.1) is 21.4 Å². The van der Waals surface area contributed by atoms with E-state index in [1.807, 2.05) is 45.2 Å². The number of hydrogen-bond acceptors (Lipinski definition) is 7. The van der Waals surface area contributed by atoms with E-state index in [0.717, 1.165) is 11.8 Å². The number of carbonyl (C=O) groups is 1. The molecule has 30 heavy (non-hydrogen) atoms. The van der Waals surface area contributed by atoms with Crippen LogP contribution in [0.25, 0.3) is 17.5 Å². The summed E-state index contributed by atoms with van der Waals surface area (Å²) in [5.74, 6) is 0.709. The van der Waals surface area contributed by atoms with E-state index >= 15 is 0 Å². The number of aromatic amines is 1. The van der Waals surface area contributed by atoms with Crippen LogP contribution in [-0.2, 0) is 4.79 Å². The molecule has 156 valence electrons. The Labute approximate surface area is 203 Å². The molecule has 0 radical (unpaired) electrons. The van der Waals surface area contributed by atoms with Crippen LogP contribution >= 0.6 is 56.9 Å². The maximum Gasteiger partial charge on any atom is 0.342 e. The first-order valence-electron chi connectivity index (χ1n) is 8.27. The van der Waals surface area contributed by atoms with Crippen molar-refractivity contribution in [2.75, 3.05) is 14.2 Å². The van der Waals surface area contributed by atoms with Gasteiger partial charge in [-0.3, -0.25) is 5.10 Å². The smallest absolute Gasteiger partial charge is 0.342 e. The Morgan fingerprint density at radius 1 is 1.10 bits per heavy atom. The fourth-order valence-electron chi connectivity index (χ4n) is 2.42.